The molecule has 0 unspecified atom stereocenters. The third-order valence-corrected chi connectivity index (χ3v) is 3.13. The van der Waals surface area contributed by atoms with Gasteiger partial charge in [0.1, 0.15) is 0 Å². The lowest BCUT2D eigenvalue weighted by molar-refractivity contribution is 0.417. The zero-order valence-electron chi connectivity index (χ0n) is 9.12. The van der Waals surface area contributed by atoms with Crippen molar-refractivity contribution in [2.75, 3.05) is 0 Å². The standard InChI is InChI=1S/C12H15BO2/c1-8-3-4-9(2)12-7-10(13(14)15)5-6-11(8)12/h3-4,7,14-15H,5-6H2,1-2H3. The van der Waals surface area contributed by atoms with Gasteiger partial charge in [0.15, 0.2) is 0 Å². The van der Waals surface area contributed by atoms with E-state index in [0.717, 1.165) is 18.3 Å². The van der Waals surface area contributed by atoms with Crippen molar-refractivity contribution in [2.45, 2.75) is 26.7 Å². The molecule has 0 fully saturated rings. The van der Waals surface area contributed by atoms with E-state index in [9.17, 15) is 0 Å². The van der Waals surface area contributed by atoms with Crippen molar-refractivity contribution in [3.8, 4) is 0 Å². The van der Waals surface area contributed by atoms with Gasteiger partial charge in [-0.2, -0.15) is 0 Å². The lowest BCUT2D eigenvalue weighted by atomic mass is 9.71. The highest BCUT2D eigenvalue weighted by Crippen LogP contribution is 2.29. The Morgan fingerprint density at radius 1 is 1.07 bits per heavy atom. The van der Waals surface area contributed by atoms with Gasteiger partial charge < -0.3 is 10.0 Å². The summed E-state index contributed by atoms with van der Waals surface area (Å²) in [6, 6.07) is 4.21. The molecule has 0 atom stereocenters. The summed E-state index contributed by atoms with van der Waals surface area (Å²) in [4.78, 5) is 0. The largest absolute Gasteiger partial charge is 0.484 e. The van der Waals surface area contributed by atoms with E-state index in [1.807, 2.05) is 6.08 Å². The number of hydrogen-bond donors (Lipinski definition) is 2. The molecule has 2 rings (SSSR count). The normalized spacial score (nSPS) is 14.5. The molecule has 0 spiro atoms. The third-order valence-electron chi connectivity index (χ3n) is 3.13. The molecule has 0 aliphatic heterocycles. The van der Waals surface area contributed by atoms with E-state index in [1.54, 1.807) is 0 Å². The highest BCUT2D eigenvalue weighted by molar-refractivity contribution is 6.52. The van der Waals surface area contributed by atoms with Crippen LogP contribution in [0.25, 0.3) is 6.08 Å². The first-order chi connectivity index (χ1) is 7.09. The number of hydrogen-bond acceptors (Lipinski definition) is 2. The summed E-state index contributed by atoms with van der Waals surface area (Å²) in [5.41, 5.74) is 5.73. The van der Waals surface area contributed by atoms with Gasteiger partial charge in [0.05, 0.1) is 0 Å². The van der Waals surface area contributed by atoms with Crippen LogP contribution >= 0.6 is 0 Å². The molecule has 78 valence electrons. The molecular weight excluding hydrogens is 187 g/mol. The van der Waals surface area contributed by atoms with Crippen LogP contribution in [0.15, 0.2) is 17.6 Å². The first-order valence-corrected chi connectivity index (χ1v) is 5.25. The average Bonchev–Trinajstić information content (AvgIpc) is 2.23. The lowest BCUT2D eigenvalue weighted by Crippen LogP contribution is -2.18. The maximum absolute atomic E-state index is 9.15. The number of rotatable bonds is 1. The van der Waals surface area contributed by atoms with Gasteiger partial charge in [-0.05, 0) is 54.4 Å². The van der Waals surface area contributed by atoms with E-state index >= 15 is 0 Å². The zero-order chi connectivity index (χ0) is 11.0. The summed E-state index contributed by atoms with van der Waals surface area (Å²) >= 11 is 0. The van der Waals surface area contributed by atoms with Crippen molar-refractivity contribution in [1.29, 1.82) is 0 Å². The van der Waals surface area contributed by atoms with E-state index in [4.69, 9.17) is 10.0 Å². The summed E-state index contributed by atoms with van der Waals surface area (Å²) < 4.78 is 0. The number of aryl methyl sites for hydroxylation is 2. The molecule has 15 heavy (non-hydrogen) atoms. The molecular formula is C12H15BO2. The molecule has 1 aliphatic rings. The number of benzene rings is 1. The molecule has 1 aromatic carbocycles. The fourth-order valence-corrected chi connectivity index (χ4v) is 2.15. The zero-order valence-corrected chi connectivity index (χ0v) is 9.12. The average molecular weight is 202 g/mol. The summed E-state index contributed by atoms with van der Waals surface area (Å²) in [7, 11) is -1.31. The highest BCUT2D eigenvalue weighted by atomic mass is 16.4. The van der Waals surface area contributed by atoms with Crippen molar-refractivity contribution in [3.63, 3.8) is 0 Å². The monoisotopic (exact) mass is 202 g/mol. The van der Waals surface area contributed by atoms with E-state index in [-0.39, 0.29) is 0 Å². The Balaban J connectivity index is 2.54. The first-order valence-electron chi connectivity index (χ1n) is 5.25. The van der Waals surface area contributed by atoms with Crippen molar-refractivity contribution in [2.24, 2.45) is 0 Å². The maximum Gasteiger partial charge on any atom is 0.484 e. The molecule has 1 aliphatic carbocycles. The van der Waals surface area contributed by atoms with E-state index < -0.39 is 7.12 Å². The Morgan fingerprint density at radius 3 is 2.40 bits per heavy atom. The predicted molar refractivity (Wildman–Crippen MR) is 62.4 cm³/mol. The molecule has 0 saturated carbocycles. The van der Waals surface area contributed by atoms with Gasteiger partial charge in [0.2, 0.25) is 0 Å². The topological polar surface area (TPSA) is 40.5 Å². The number of allylic oxidation sites excluding steroid dienone is 1. The third kappa shape index (κ3) is 1.85. The second-order valence-electron chi connectivity index (χ2n) is 4.18. The highest BCUT2D eigenvalue weighted by Gasteiger charge is 2.21. The van der Waals surface area contributed by atoms with Crippen molar-refractivity contribution >= 4 is 13.2 Å². The van der Waals surface area contributed by atoms with Crippen LogP contribution in [0.2, 0.25) is 0 Å². The SMILES string of the molecule is Cc1ccc(C)c2c1C=C(B(O)O)CC2. The molecule has 0 aromatic heterocycles. The van der Waals surface area contributed by atoms with Crippen LogP contribution in [0.3, 0.4) is 0 Å². The maximum atomic E-state index is 9.15. The molecule has 0 bridgehead atoms. The Kier molecular flexibility index (Phi) is 2.68. The van der Waals surface area contributed by atoms with Crippen LogP contribution in [-0.2, 0) is 6.42 Å². The van der Waals surface area contributed by atoms with Crippen LogP contribution < -0.4 is 0 Å². The summed E-state index contributed by atoms with van der Waals surface area (Å²) in [5, 5.41) is 18.3. The second-order valence-corrected chi connectivity index (χ2v) is 4.18. The molecule has 0 amide bonds. The minimum Gasteiger partial charge on any atom is -0.423 e. The molecule has 0 saturated heterocycles. The molecule has 3 heteroatoms. The molecule has 1 aromatic rings. The van der Waals surface area contributed by atoms with E-state index in [2.05, 4.69) is 26.0 Å². The smallest absolute Gasteiger partial charge is 0.423 e. The second kappa shape index (κ2) is 3.84. The first kappa shape index (κ1) is 10.5. The van der Waals surface area contributed by atoms with Crippen LogP contribution in [0.4, 0.5) is 0 Å². The summed E-state index contributed by atoms with van der Waals surface area (Å²) in [6.45, 7) is 4.16. The summed E-state index contributed by atoms with van der Waals surface area (Å²) in [5.74, 6) is 0. The van der Waals surface area contributed by atoms with Crippen LogP contribution in [0.1, 0.15) is 28.7 Å². The predicted octanol–water partition coefficient (Wildman–Crippen LogP) is 1.65. The van der Waals surface area contributed by atoms with Gasteiger partial charge in [0, 0.05) is 0 Å². The summed E-state index contributed by atoms with van der Waals surface area (Å²) in [6.07, 6.45) is 3.58. The Bertz CT molecular complexity index is 422. The van der Waals surface area contributed by atoms with Crippen LogP contribution in [-0.4, -0.2) is 17.2 Å². The molecule has 0 radical (unpaired) electrons. The van der Waals surface area contributed by atoms with Gasteiger partial charge in [-0.15, -0.1) is 0 Å². The Morgan fingerprint density at radius 2 is 1.73 bits per heavy atom. The molecule has 2 nitrogen and oxygen atoms in total. The van der Waals surface area contributed by atoms with Gasteiger partial charge in [-0.3, -0.25) is 0 Å². The molecule has 2 N–H and O–H groups in total. The Labute approximate surface area is 90.4 Å². The fraction of sp³-hybridized carbons (Fsp3) is 0.333. The van der Waals surface area contributed by atoms with E-state index in [1.165, 1.54) is 22.3 Å². The van der Waals surface area contributed by atoms with Crippen LogP contribution in [0, 0.1) is 13.8 Å². The minimum atomic E-state index is -1.31. The van der Waals surface area contributed by atoms with E-state index in [0.29, 0.717) is 0 Å². The fourth-order valence-electron chi connectivity index (χ4n) is 2.15. The molecule has 0 heterocycles. The van der Waals surface area contributed by atoms with Crippen LogP contribution in [0.5, 0.6) is 0 Å². The van der Waals surface area contributed by atoms with Gasteiger partial charge >= 0.3 is 7.12 Å². The Hall–Kier alpha value is -1.06. The van der Waals surface area contributed by atoms with Crippen molar-refractivity contribution in [1.82, 2.24) is 0 Å². The lowest BCUT2D eigenvalue weighted by Gasteiger charge is -2.19. The quantitative estimate of drug-likeness (QED) is 0.679. The van der Waals surface area contributed by atoms with Crippen molar-refractivity contribution < 1.29 is 10.0 Å². The van der Waals surface area contributed by atoms with Crippen molar-refractivity contribution in [3.05, 3.63) is 39.9 Å². The van der Waals surface area contributed by atoms with Gasteiger partial charge in [-0.1, -0.05) is 18.2 Å². The van der Waals surface area contributed by atoms with Gasteiger partial charge in [0.25, 0.3) is 0 Å². The van der Waals surface area contributed by atoms with Gasteiger partial charge in [-0.25, -0.2) is 0 Å². The number of fused-ring (bicyclic) bond motifs is 1. The minimum absolute atomic E-state index is 0.719.